The van der Waals surface area contributed by atoms with Crippen LogP contribution in [0, 0.1) is 0 Å². The molecule has 176 valence electrons. The summed E-state index contributed by atoms with van der Waals surface area (Å²) in [6.45, 7) is -0.343. The van der Waals surface area contributed by atoms with Gasteiger partial charge in [-0.2, -0.15) is 4.31 Å². The van der Waals surface area contributed by atoms with E-state index in [9.17, 15) is 18.0 Å². The van der Waals surface area contributed by atoms with Gasteiger partial charge in [0.1, 0.15) is 11.8 Å². The summed E-state index contributed by atoms with van der Waals surface area (Å²) < 4.78 is 38.6. The second-order valence-corrected chi connectivity index (χ2v) is 9.44. The fourth-order valence-corrected chi connectivity index (χ4v) is 5.40. The number of anilines is 1. The molecule has 10 heteroatoms. The number of aromatic nitrogens is 1. The van der Waals surface area contributed by atoms with Crippen molar-refractivity contribution in [3.63, 3.8) is 0 Å². The molecular weight excluding hydrogens is 458 g/mol. The Hall–Kier alpha value is -3.76. The molecule has 34 heavy (non-hydrogen) atoms. The maximum Gasteiger partial charge on any atom is 0.326 e. The standard InChI is InChI=1S/C24H23N3O6S/c1-32-19-7-9-20(10-8-19)34(30,31)27-15-18-5-3-4-6-21(18)26(16-22(27)24(29)33-2)23(28)17-11-13-25-14-12-17/h3-14,22H,15-16H2,1-2H3. The van der Waals surface area contributed by atoms with E-state index in [-0.39, 0.29) is 23.9 Å². The third-order valence-corrected chi connectivity index (χ3v) is 7.49. The van der Waals surface area contributed by atoms with Crippen LogP contribution in [-0.2, 0) is 26.1 Å². The highest BCUT2D eigenvalue weighted by Crippen LogP contribution is 2.32. The van der Waals surface area contributed by atoms with Gasteiger partial charge in [0.05, 0.1) is 25.7 Å². The van der Waals surface area contributed by atoms with Gasteiger partial charge in [-0.3, -0.25) is 14.6 Å². The molecule has 4 rings (SSSR count). The van der Waals surface area contributed by atoms with E-state index in [2.05, 4.69) is 4.98 Å². The molecule has 0 saturated heterocycles. The minimum Gasteiger partial charge on any atom is -0.497 e. The predicted molar refractivity (Wildman–Crippen MR) is 124 cm³/mol. The number of benzene rings is 2. The van der Waals surface area contributed by atoms with Gasteiger partial charge in [0, 0.05) is 30.2 Å². The number of carbonyl (C=O) groups is 2. The zero-order chi connectivity index (χ0) is 24.3. The van der Waals surface area contributed by atoms with E-state index in [4.69, 9.17) is 9.47 Å². The molecule has 1 aromatic heterocycles. The zero-order valence-electron chi connectivity index (χ0n) is 18.6. The molecule has 0 bridgehead atoms. The van der Waals surface area contributed by atoms with Crippen LogP contribution in [0.2, 0.25) is 0 Å². The molecule has 1 atom stereocenters. The van der Waals surface area contributed by atoms with Gasteiger partial charge in [0.25, 0.3) is 5.91 Å². The Bertz CT molecular complexity index is 1300. The van der Waals surface area contributed by atoms with Crippen LogP contribution in [0.3, 0.4) is 0 Å². The van der Waals surface area contributed by atoms with Crippen LogP contribution in [0.15, 0.2) is 78.0 Å². The summed E-state index contributed by atoms with van der Waals surface area (Å²) in [5.41, 5.74) is 1.46. The average molecular weight is 482 g/mol. The van der Waals surface area contributed by atoms with E-state index in [0.717, 1.165) is 4.31 Å². The number of esters is 1. The molecule has 0 spiro atoms. The number of amides is 1. The fraction of sp³-hybridized carbons (Fsp3) is 0.208. The van der Waals surface area contributed by atoms with Crippen LogP contribution in [0.4, 0.5) is 5.69 Å². The number of carbonyl (C=O) groups excluding carboxylic acids is 2. The molecule has 1 aliphatic rings. The lowest BCUT2D eigenvalue weighted by atomic mass is 10.1. The Kier molecular flexibility index (Phi) is 6.62. The minimum atomic E-state index is -4.14. The van der Waals surface area contributed by atoms with E-state index in [1.54, 1.807) is 36.4 Å². The van der Waals surface area contributed by atoms with Crippen molar-refractivity contribution < 1.29 is 27.5 Å². The number of ether oxygens (including phenoxy) is 2. The van der Waals surface area contributed by atoms with Gasteiger partial charge in [-0.15, -0.1) is 0 Å². The molecule has 1 aliphatic heterocycles. The smallest absolute Gasteiger partial charge is 0.326 e. The summed E-state index contributed by atoms with van der Waals surface area (Å²) in [4.78, 5) is 31.6. The Morgan fingerprint density at radius 1 is 0.971 bits per heavy atom. The monoisotopic (exact) mass is 481 g/mol. The maximum absolute atomic E-state index is 13.7. The summed E-state index contributed by atoms with van der Waals surface area (Å²) in [6, 6.07) is 14.7. The molecule has 3 aromatic rings. The average Bonchev–Trinajstić information content (AvgIpc) is 3.06. The molecule has 1 unspecified atom stereocenters. The first-order valence-electron chi connectivity index (χ1n) is 10.4. The van der Waals surface area contributed by atoms with E-state index < -0.39 is 22.0 Å². The first kappa shape index (κ1) is 23.4. The molecule has 0 N–H and O–H groups in total. The van der Waals surface area contributed by atoms with E-state index in [0.29, 0.717) is 22.6 Å². The van der Waals surface area contributed by atoms with Gasteiger partial charge in [-0.05, 0) is 48.0 Å². The number of fused-ring (bicyclic) bond motifs is 1. The predicted octanol–water partition coefficient (Wildman–Crippen LogP) is 2.48. The lowest BCUT2D eigenvalue weighted by Gasteiger charge is -2.29. The first-order valence-corrected chi connectivity index (χ1v) is 11.8. The molecule has 2 heterocycles. The van der Waals surface area contributed by atoms with Crippen molar-refractivity contribution >= 4 is 27.6 Å². The van der Waals surface area contributed by atoms with E-state index in [1.807, 2.05) is 0 Å². The Morgan fingerprint density at radius 3 is 2.29 bits per heavy atom. The highest BCUT2D eigenvalue weighted by Gasteiger charge is 2.42. The number of hydrogen-bond acceptors (Lipinski definition) is 7. The summed E-state index contributed by atoms with van der Waals surface area (Å²) in [6.07, 6.45) is 2.99. The van der Waals surface area contributed by atoms with Gasteiger partial charge >= 0.3 is 5.97 Å². The minimum absolute atomic E-state index is 0.00593. The van der Waals surface area contributed by atoms with E-state index >= 15 is 0 Å². The normalized spacial score (nSPS) is 16.3. The topological polar surface area (TPSA) is 106 Å². The molecule has 0 saturated carbocycles. The SMILES string of the molecule is COC(=O)C1CN(C(=O)c2ccncc2)c2ccccc2CN1S(=O)(=O)c1ccc(OC)cc1. The summed E-state index contributed by atoms with van der Waals surface area (Å²) >= 11 is 0. The van der Waals surface area contributed by atoms with Gasteiger partial charge in [0.15, 0.2) is 0 Å². The van der Waals surface area contributed by atoms with Gasteiger partial charge in [-0.1, -0.05) is 18.2 Å². The second kappa shape index (κ2) is 9.62. The van der Waals surface area contributed by atoms with Gasteiger partial charge in [-0.25, -0.2) is 8.42 Å². The number of pyridine rings is 1. The van der Waals surface area contributed by atoms with Crippen molar-refractivity contribution in [3.8, 4) is 5.75 Å². The van der Waals surface area contributed by atoms with Crippen LogP contribution >= 0.6 is 0 Å². The summed E-state index contributed by atoms with van der Waals surface area (Å²) in [5, 5.41) is 0. The summed E-state index contributed by atoms with van der Waals surface area (Å²) in [7, 11) is -1.47. The maximum atomic E-state index is 13.7. The van der Waals surface area contributed by atoms with Gasteiger partial charge in [0.2, 0.25) is 10.0 Å². The first-order chi connectivity index (χ1) is 16.4. The number of hydrogen-bond donors (Lipinski definition) is 0. The van der Waals surface area contributed by atoms with Crippen LogP contribution in [0.25, 0.3) is 0 Å². The van der Waals surface area contributed by atoms with Crippen LogP contribution in [0.1, 0.15) is 15.9 Å². The van der Waals surface area contributed by atoms with Crippen molar-refractivity contribution in [2.75, 3.05) is 25.7 Å². The van der Waals surface area contributed by atoms with Crippen molar-refractivity contribution in [2.45, 2.75) is 17.5 Å². The van der Waals surface area contributed by atoms with Crippen LogP contribution in [0.5, 0.6) is 5.75 Å². The lowest BCUT2D eigenvalue weighted by Crippen LogP contribution is -2.50. The number of rotatable bonds is 5. The van der Waals surface area contributed by atoms with E-state index in [1.165, 1.54) is 55.8 Å². The second-order valence-electron chi connectivity index (χ2n) is 7.55. The third-order valence-electron chi connectivity index (χ3n) is 5.62. The third kappa shape index (κ3) is 4.37. The number of sulfonamides is 1. The largest absolute Gasteiger partial charge is 0.497 e. The molecular formula is C24H23N3O6S. The number of methoxy groups -OCH3 is 2. The van der Waals surface area contributed by atoms with Crippen molar-refractivity contribution in [1.29, 1.82) is 0 Å². The van der Waals surface area contributed by atoms with Crippen LogP contribution < -0.4 is 9.64 Å². The fourth-order valence-electron chi connectivity index (χ4n) is 3.85. The highest BCUT2D eigenvalue weighted by atomic mass is 32.2. The highest BCUT2D eigenvalue weighted by molar-refractivity contribution is 7.89. The quantitative estimate of drug-likeness (QED) is 0.516. The molecule has 1 amide bonds. The number of para-hydroxylation sites is 1. The van der Waals surface area contributed by atoms with Crippen molar-refractivity contribution in [1.82, 2.24) is 9.29 Å². The zero-order valence-corrected chi connectivity index (χ0v) is 19.4. The molecule has 0 radical (unpaired) electrons. The Morgan fingerprint density at radius 2 is 1.65 bits per heavy atom. The van der Waals surface area contributed by atoms with Crippen molar-refractivity contribution in [2.24, 2.45) is 0 Å². The Balaban J connectivity index is 1.83. The van der Waals surface area contributed by atoms with Gasteiger partial charge < -0.3 is 14.4 Å². The lowest BCUT2D eigenvalue weighted by molar-refractivity contribution is -0.144. The molecule has 9 nitrogen and oxygen atoms in total. The van der Waals surface area contributed by atoms with Crippen molar-refractivity contribution in [3.05, 3.63) is 84.2 Å². The molecule has 0 fully saturated rings. The molecule has 0 aliphatic carbocycles. The Labute approximate surface area is 197 Å². The molecule has 2 aromatic carbocycles. The number of nitrogens with zero attached hydrogens (tertiary/aromatic N) is 3. The summed E-state index contributed by atoms with van der Waals surface area (Å²) in [5.74, 6) is -0.649. The van der Waals surface area contributed by atoms with Crippen LogP contribution in [-0.4, -0.2) is 56.4 Å².